The number of nitrogens with zero attached hydrogens (tertiary/aromatic N) is 6. The molecule has 26 heavy (non-hydrogen) atoms. The van der Waals surface area contributed by atoms with Gasteiger partial charge in [-0.1, -0.05) is 5.16 Å². The molecule has 3 aromatic heterocycles. The summed E-state index contributed by atoms with van der Waals surface area (Å²) in [6.45, 7) is 9.98. The van der Waals surface area contributed by atoms with Gasteiger partial charge in [-0.05, 0) is 47.7 Å². The number of likely N-dealkylation sites (N-methyl/N-ethyl adjacent to an activating group) is 1. The lowest BCUT2D eigenvalue weighted by atomic mass is 10.1. The molecule has 3 heterocycles. The molecular formula is C18H25N7O. The summed E-state index contributed by atoms with van der Waals surface area (Å²) in [6, 6.07) is 2.25. The van der Waals surface area contributed by atoms with E-state index in [1.807, 2.05) is 40.8 Å². The minimum Gasteiger partial charge on any atom is -0.339 e. The maximum atomic E-state index is 5.42. The van der Waals surface area contributed by atoms with Gasteiger partial charge in [-0.3, -0.25) is 0 Å². The lowest BCUT2D eigenvalue weighted by Gasteiger charge is -2.05. The number of hydrogen-bond donors (Lipinski definition) is 1. The molecule has 0 bridgehead atoms. The summed E-state index contributed by atoms with van der Waals surface area (Å²) < 4.78 is 7.20. The molecule has 0 spiro atoms. The number of hydrogen-bond acceptors (Lipinski definition) is 7. The number of nitrogens with one attached hydrogen (secondary N) is 1. The standard InChI is InChI=1S/C18H25N7O/c1-10(19-6)8-16-22-17(26-24-16)9-15-13(4)23-25(14(15)5)18-20-11(2)7-12(3)21-18/h7,10,19H,8-9H2,1-6H3. The van der Waals surface area contributed by atoms with Gasteiger partial charge < -0.3 is 9.84 Å². The average molecular weight is 355 g/mol. The van der Waals surface area contributed by atoms with Gasteiger partial charge in [0.25, 0.3) is 5.95 Å². The minimum atomic E-state index is 0.299. The van der Waals surface area contributed by atoms with Crippen molar-refractivity contribution in [1.29, 1.82) is 0 Å². The Morgan fingerprint density at radius 3 is 2.46 bits per heavy atom. The van der Waals surface area contributed by atoms with Crippen LogP contribution >= 0.6 is 0 Å². The summed E-state index contributed by atoms with van der Waals surface area (Å²) in [5.41, 5.74) is 4.79. The van der Waals surface area contributed by atoms with E-state index in [2.05, 4.69) is 37.4 Å². The van der Waals surface area contributed by atoms with Crippen LogP contribution in [0.5, 0.6) is 0 Å². The molecule has 0 saturated heterocycles. The highest BCUT2D eigenvalue weighted by molar-refractivity contribution is 5.32. The minimum absolute atomic E-state index is 0.299. The molecule has 0 aliphatic heterocycles. The van der Waals surface area contributed by atoms with E-state index in [-0.39, 0.29) is 0 Å². The van der Waals surface area contributed by atoms with E-state index >= 15 is 0 Å². The van der Waals surface area contributed by atoms with Crippen LogP contribution in [0.15, 0.2) is 10.6 Å². The lowest BCUT2D eigenvalue weighted by molar-refractivity contribution is 0.377. The maximum Gasteiger partial charge on any atom is 0.251 e. The van der Waals surface area contributed by atoms with Gasteiger partial charge in [0.15, 0.2) is 5.82 Å². The Hall–Kier alpha value is -2.61. The molecule has 3 aromatic rings. The second kappa shape index (κ2) is 7.33. The molecule has 0 aliphatic rings. The molecule has 138 valence electrons. The molecule has 0 fully saturated rings. The van der Waals surface area contributed by atoms with Gasteiger partial charge in [-0.15, -0.1) is 0 Å². The summed E-state index contributed by atoms with van der Waals surface area (Å²) in [6.07, 6.45) is 1.27. The van der Waals surface area contributed by atoms with Crippen molar-refractivity contribution in [2.75, 3.05) is 7.05 Å². The van der Waals surface area contributed by atoms with Crippen molar-refractivity contribution in [3.63, 3.8) is 0 Å². The van der Waals surface area contributed by atoms with Crippen LogP contribution in [-0.2, 0) is 12.8 Å². The van der Waals surface area contributed by atoms with Crippen LogP contribution in [0, 0.1) is 27.7 Å². The van der Waals surface area contributed by atoms with Crippen molar-refractivity contribution in [3.8, 4) is 5.95 Å². The van der Waals surface area contributed by atoms with Gasteiger partial charge in [-0.2, -0.15) is 10.1 Å². The number of aryl methyl sites for hydroxylation is 3. The number of aromatic nitrogens is 6. The second-order valence-corrected chi connectivity index (χ2v) is 6.69. The Morgan fingerprint density at radius 1 is 1.12 bits per heavy atom. The van der Waals surface area contributed by atoms with Gasteiger partial charge in [0, 0.05) is 35.1 Å². The van der Waals surface area contributed by atoms with Crippen LogP contribution in [0.1, 0.15) is 47.0 Å². The van der Waals surface area contributed by atoms with Gasteiger partial charge in [-0.25, -0.2) is 14.6 Å². The maximum absolute atomic E-state index is 5.42. The van der Waals surface area contributed by atoms with Crippen molar-refractivity contribution in [2.45, 2.75) is 53.5 Å². The van der Waals surface area contributed by atoms with E-state index in [1.54, 1.807) is 4.68 Å². The largest absolute Gasteiger partial charge is 0.339 e. The van der Waals surface area contributed by atoms with Crippen LogP contribution in [0.25, 0.3) is 5.95 Å². The van der Waals surface area contributed by atoms with Crippen molar-refractivity contribution < 1.29 is 4.52 Å². The molecule has 0 saturated carbocycles. The fraction of sp³-hybridized carbons (Fsp3) is 0.500. The molecule has 1 atom stereocenters. The normalized spacial score (nSPS) is 12.5. The SMILES string of the molecule is CNC(C)Cc1noc(Cc2c(C)nn(-c3nc(C)cc(C)n3)c2C)n1. The molecular weight excluding hydrogens is 330 g/mol. The summed E-state index contributed by atoms with van der Waals surface area (Å²) in [5, 5.41) is 11.9. The molecule has 0 aromatic carbocycles. The van der Waals surface area contributed by atoms with Crippen molar-refractivity contribution in [3.05, 3.63) is 46.1 Å². The third kappa shape index (κ3) is 3.80. The smallest absolute Gasteiger partial charge is 0.251 e. The van der Waals surface area contributed by atoms with Crippen LogP contribution in [0.2, 0.25) is 0 Å². The van der Waals surface area contributed by atoms with Crippen molar-refractivity contribution >= 4 is 0 Å². The number of rotatable bonds is 6. The third-order valence-electron chi connectivity index (χ3n) is 4.42. The van der Waals surface area contributed by atoms with Crippen molar-refractivity contribution in [1.82, 2.24) is 35.2 Å². The van der Waals surface area contributed by atoms with Gasteiger partial charge in [0.05, 0.1) is 12.1 Å². The van der Waals surface area contributed by atoms with E-state index in [4.69, 9.17) is 4.52 Å². The average Bonchev–Trinajstić information content (AvgIpc) is 3.13. The van der Waals surface area contributed by atoms with Gasteiger partial charge in [0.1, 0.15) is 0 Å². The predicted molar refractivity (Wildman–Crippen MR) is 97.4 cm³/mol. The first-order valence-corrected chi connectivity index (χ1v) is 8.74. The first-order valence-electron chi connectivity index (χ1n) is 8.74. The quantitative estimate of drug-likeness (QED) is 0.723. The molecule has 0 radical (unpaired) electrons. The monoisotopic (exact) mass is 355 g/mol. The Morgan fingerprint density at radius 2 is 1.81 bits per heavy atom. The topological polar surface area (TPSA) is 94.6 Å². The molecule has 8 nitrogen and oxygen atoms in total. The lowest BCUT2D eigenvalue weighted by Crippen LogP contribution is -2.24. The predicted octanol–water partition coefficient (Wildman–Crippen LogP) is 2.02. The Labute approximate surface area is 153 Å². The highest BCUT2D eigenvalue weighted by Crippen LogP contribution is 2.19. The Kier molecular flexibility index (Phi) is 5.13. The fourth-order valence-electron chi connectivity index (χ4n) is 2.90. The van der Waals surface area contributed by atoms with E-state index in [0.29, 0.717) is 30.1 Å². The van der Waals surface area contributed by atoms with Crippen LogP contribution in [-0.4, -0.2) is 43.0 Å². The fourth-order valence-corrected chi connectivity index (χ4v) is 2.90. The molecule has 1 unspecified atom stereocenters. The molecule has 1 N–H and O–H groups in total. The third-order valence-corrected chi connectivity index (χ3v) is 4.42. The first kappa shape index (κ1) is 18.2. The van der Waals surface area contributed by atoms with Crippen molar-refractivity contribution in [2.24, 2.45) is 0 Å². The summed E-state index contributed by atoms with van der Waals surface area (Å²) in [5.74, 6) is 1.89. The Balaban J connectivity index is 1.87. The summed E-state index contributed by atoms with van der Waals surface area (Å²) in [4.78, 5) is 13.5. The summed E-state index contributed by atoms with van der Waals surface area (Å²) >= 11 is 0. The molecule has 0 aliphatic carbocycles. The highest BCUT2D eigenvalue weighted by Gasteiger charge is 2.18. The zero-order valence-electron chi connectivity index (χ0n) is 16.2. The second-order valence-electron chi connectivity index (χ2n) is 6.69. The first-order chi connectivity index (χ1) is 12.4. The highest BCUT2D eigenvalue weighted by atomic mass is 16.5. The molecule has 3 rings (SSSR count). The van der Waals surface area contributed by atoms with E-state index in [1.165, 1.54) is 0 Å². The molecule has 0 amide bonds. The van der Waals surface area contributed by atoms with E-state index in [9.17, 15) is 0 Å². The summed E-state index contributed by atoms with van der Waals surface area (Å²) in [7, 11) is 1.92. The van der Waals surface area contributed by atoms with Crippen LogP contribution < -0.4 is 5.32 Å². The van der Waals surface area contributed by atoms with Crippen LogP contribution in [0.3, 0.4) is 0 Å². The Bertz CT molecular complexity index is 892. The van der Waals surface area contributed by atoms with E-state index in [0.717, 1.165) is 34.8 Å². The van der Waals surface area contributed by atoms with Crippen LogP contribution in [0.4, 0.5) is 0 Å². The van der Waals surface area contributed by atoms with Gasteiger partial charge in [0.2, 0.25) is 5.89 Å². The zero-order chi connectivity index (χ0) is 18.8. The molecule has 8 heteroatoms. The van der Waals surface area contributed by atoms with Gasteiger partial charge >= 0.3 is 0 Å². The zero-order valence-corrected chi connectivity index (χ0v) is 16.2. The van der Waals surface area contributed by atoms with E-state index < -0.39 is 0 Å².